The number of carbonyl (C=O) groups is 1. The van der Waals surface area contributed by atoms with Crippen molar-refractivity contribution in [2.75, 3.05) is 231 Å². The van der Waals surface area contributed by atoms with Crippen LogP contribution in [0.5, 0.6) is 0 Å². The number of ether oxygens (including phenoxy) is 16. The number of hydrogen-bond donors (Lipinski definition) is 2. The molecule has 26 nitrogen and oxygen atoms in total. The third-order valence-electron chi connectivity index (χ3n) is 14.5. The zero-order valence-electron chi connectivity index (χ0n) is 53.6. The van der Waals surface area contributed by atoms with E-state index >= 15 is 0 Å². The maximum absolute atomic E-state index is 12.6. The van der Waals surface area contributed by atoms with Gasteiger partial charge in [-0.2, -0.15) is 13.0 Å². The fourth-order valence-electron chi connectivity index (χ4n) is 9.71. The predicted octanol–water partition coefficient (Wildman–Crippen LogP) is 4.93. The molecule has 2 heterocycles. The highest BCUT2D eigenvalue weighted by Gasteiger charge is 2.48. The van der Waals surface area contributed by atoms with Crippen LogP contribution in [0.3, 0.4) is 0 Å². The van der Waals surface area contributed by atoms with Gasteiger partial charge in [0.1, 0.15) is 16.7 Å². The van der Waals surface area contributed by atoms with E-state index in [2.05, 4.69) is 9.48 Å². The Morgan fingerprint density at radius 3 is 1.35 bits per heavy atom. The molecule has 0 aromatic heterocycles. The van der Waals surface area contributed by atoms with E-state index in [1.54, 1.807) is 33.5 Å². The Kier molecular flexibility index (Phi) is 39.7. The highest BCUT2D eigenvalue weighted by molar-refractivity contribution is 7.86. The van der Waals surface area contributed by atoms with E-state index in [-0.39, 0.29) is 55.9 Å². The summed E-state index contributed by atoms with van der Waals surface area (Å²) in [5.74, 6) is -0.929. The van der Waals surface area contributed by atoms with Crippen molar-refractivity contribution in [3.05, 3.63) is 95.8 Å². The second-order valence-corrected chi connectivity index (χ2v) is 23.7. The average molecular weight is 1330 g/mol. The summed E-state index contributed by atoms with van der Waals surface area (Å²) in [7, 11) is -4.57. The average Bonchev–Trinajstić information content (AvgIpc) is 1.60. The Balaban J connectivity index is 1.59. The number of hydrogen-bond acceptors (Lipinski definition) is 23. The number of anilines is 1. The number of fused-ring (bicyclic) bond motifs is 2. The molecule has 0 amide bonds. The van der Waals surface area contributed by atoms with Gasteiger partial charge in [-0.3, -0.25) is 9.35 Å². The van der Waals surface area contributed by atoms with Crippen LogP contribution in [0.15, 0.2) is 94.4 Å². The maximum Gasteiger partial charge on any atom is 0.305 e. The van der Waals surface area contributed by atoms with Gasteiger partial charge in [0, 0.05) is 75.6 Å². The van der Waals surface area contributed by atoms with Crippen LogP contribution < -0.4 is 4.90 Å². The van der Waals surface area contributed by atoms with E-state index in [1.807, 2.05) is 56.4 Å². The second-order valence-electron chi connectivity index (χ2n) is 20.9. The second kappa shape index (κ2) is 45.8. The van der Waals surface area contributed by atoms with Gasteiger partial charge in [-0.05, 0) is 68.7 Å². The van der Waals surface area contributed by atoms with E-state index in [9.17, 15) is 30.7 Å². The minimum Gasteiger partial charge on any atom is -0.744 e. The molecule has 0 radical (unpaired) electrons. The normalized spacial score (nSPS) is 17.4. The zero-order valence-corrected chi connectivity index (χ0v) is 55.3. The van der Waals surface area contributed by atoms with Gasteiger partial charge in [-0.15, -0.1) is 0 Å². The van der Waals surface area contributed by atoms with Crippen molar-refractivity contribution in [2.24, 2.45) is 0 Å². The number of methoxy groups -OCH3 is 3. The van der Waals surface area contributed by atoms with E-state index in [0.29, 0.717) is 195 Å². The van der Waals surface area contributed by atoms with Gasteiger partial charge in [-0.1, -0.05) is 30.4 Å². The van der Waals surface area contributed by atoms with Crippen LogP contribution >= 0.6 is 0 Å². The molecular formula is C63H98N2O24S2. The molecule has 0 bridgehead atoms. The first-order chi connectivity index (χ1) is 44.0. The summed E-state index contributed by atoms with van der Waals surface area (Å²) >= 11 is 0. The largest absolute Gasteiger partial charge is 0.744 e. The van der Waals surface area contributed by atoms with Crippen LogP contribution in [0.1, 0.15) is 44.2 Å². The molecule has 516 valence electrons. The van der Waals surface area contributed by atoms with Gasteiger partial charge in [0.2, 0.25) is 5.69 Å². The number of carboxylic acids is 1. The molecule has 2 atom stereocenters. The number of carboxylic acid groups (broad SMARTS) is 1. The van der Waals surface area contributed by atoms with Crippen molar-refractivity contribution in [2.45, 2.75) is 53.7 Å². The summed E-state index contributed by atoms with van der Waals surface area (Å²) in [6.45, 7) is 15.0. The van der Waals surface area contributed by atoms with Crippen LogP contribution in [0.25, 0.3) is 0 Å². The highest BCUT2D eigenvalue weighted by atomic mass is 32.2. The first-order valence-electron chi connectivity index (χ1n) is 30.6. The van der Waals surface area contributed by atoms with Gasteiger partial charge in [0.15, 0.2) is 12.3 Å². The molecule has 0 fully saturated rings. The molecule has 0 spiro atoms. The van der Waals surface area contributed by atoms with Gasteiger partial charge in [0.25, 0.3) is 10.1 Å². The lowest BCUT2D eigenvalue weighted by atomic mass is 9.76. The first-order valence-corrected chi connectivity index (χ1v) is 33.4. The summed E-state index contributed by atoms with van der Waals surface area (Å²) in [5, 5.41) is 8.75. The van der Waals surface area contributed by atoms with Crippen LogP contribution in [0, 0.1) is 0 Å². The van der Waals surface area contributed by atoms with Crippen LogP contribution in [-0.4, -0.2) is 273 Å². The SMILES string of the molecule is COCCOCCOCCOCCN1C(=CC=CC=CC=CC2=[N+](CCOCCOCCOCCOCCC(=O)O)c3ccc(S(=O)(=O)[O-])cc3C2(C)CCOCCOCCOCCOC)C(C)(CCOCCOCCOCCOC)c2cc(S(=O)(=O)O)ccc21. The number of benzene rings is 2. The fourth-order valence-corrected chi connectivity index (χ4v) is 10.7. The number of rotatable bonds is 57. The summed E-state index contributed by atoms with van der Waals surface area (Å²) in [6.07, 6.45) is 14.0. The minimum absolute atomic E-state index is 0.0759. The lowest BCUT2D eigenvalue weighted by Gasteiger charge is -2.30. The van der Waals surface area contributed by atoms with Gasteiger partial charge < -0.3 is 90.3 Å². The van der Waals surface area contributed by atoms with Crippen molar-refractivity contribution in [1.29, 1.82) is 0 Å². The molecule has 2 aromatic carbocycles. The van der Waals surface area contributed by atoms with Crippen molar-refractivity contribution >= 4 is 43.3 Å². The monoisotopic (exact) mass is 1330 g/mol. The first kappa shape index (κ1) is 79.0. The smallest absolute Gasteiger partial charge is 0.305 e. The third-order valence-corrected chi connectivity index (χ3v) is 16.2. The molecule has 2 N–H and O–H groups in total. The van der Waals surface area contributed by atoms with E-state index < -0.39 is 37.0 Å². The third kappa shape index (κ3) is 29.8. The molecule has 0 aliphatic carbocycles. The molecule has 2 unspecified atom stereocenters. The number of nitrogens with zero attached hydrogens (tertiary/aromatic N) is 2. The molecule has 2 aliphatic rings. The maximum atomic E-state index is 12.6. The van der Waals surface area contributed by atoms with E-state index in [1.165, 1.54) is 24.3 Å². The van der Waals surface area contributed by atoms with Crippen molar-refractivity contribution in [1.82, 2.24) is 0 Å². The molecule has 0 saturated heterocycles. The lowest BCUT2D eigenvalue weighted by molar-refractivity contribution is -0.442. The van der Waals surface area contributed by atoms with Crippen molar-refractivity contribution < 1.29 is 116 Å². The summed E-state index contributed by atoms with van der Waals surface area (Å²) in [4.78, 5) is 12.2. The predicted molar refractivity (Wildman–Crippen MR) is 336 cm³/mol. The van der Waals surface area contributed by atoms with Gasteiger partial charge in [-0.25, -0.2) is 8.42 Å². The fraction of sp³-hybridized carbons (Fsp3) is 0.651. The number of aliphatic carboxylic acids is 1. The van der Waals surface area contributed by atoms with Crippen LogP contribution in [-0.2, 0) is 112 Å². The molecule has 0 saturated carbocycles. The van der Waals surface area contributed by atoms with E-state index in [4.69, 9.17) is 80.9 Å². The Morgan fingerprint density at radius 1 is 0.495 bits per heavy atom. The Labute approximate surface area is 537 Å². The Morgan fingerprint density at radius 2 is 0.890 bits per heavy atom. The highest BCUT2D eigenvalue weighted by Crippen LogP contribution is 2.51. The Bertz CT molecular complexity index is 2760. The molecule has 28 heteroatoms. The molecular weight excluding hydrogens is 1230 g/mol. The Hall–Kier alpha value is -4.48. The van der Waals surface area contributed by atoms with Gasteiger partial charge in [0.05, 0.1) is 193 Å². The topological polar surface area (TPSA) is 303 Å². The summed E-state index contributed by atoms with van der Waals surface area (Å²) < 4.78 is 164. The van der Waals surface area contributed by atoms with Gasteiger partial charge >= 0.3 is 5.97 Å². The minimum atomic E-state index is -4.83. The number of allylic oxidation sites excluding steroid dienone is 8. The van der Waals surface area contributed by atoms with Crippen LogP contribution in [0.4, 0.5) is 11.4 Å². The quantitative estimate of drug-likeness (QED) is 0.0384. The molecule has 4 rings (SSSR count). The van der Waals surface area contributed by atoms with Crippen LogP contribution in [0.2, 0.25) is 0 Å². The van der Waals surface area contributed by atoms with E-state index in [0.717, 1.165) is 17.1 Å². The molecule has 91 heavy (non-hydrogen) atoms. The molecule has 2 aliphatic heterocycles. The standard InChI is InChI=1S/C63H98N2O24S2/c1-62(18-23-78-34-39-86-46-43-82-30-27-74-3)55-51-53(90(68,69)70)13-15-57(55)64(20-25-80-36-41-88-48-45-84-32-29-76-5)59(62)11-9-7-6-8-10-12-60-63(2,19-24-79-35-40-87-47-44-83-31-28-75-4)56-52-54(91(71,72)73)14-16-58(56)65(60)21-26-81-37-42-89-50-49-85-38-33-77-22-17-61(66)67/h6-16,51-52H,17-50H2,1-5H3,(H2-,66,67,68,69,70,71,72,73). The zero-order chi connectivity index (χ0) is 65.9. The summed E-state index contributed by atoms with van der Waals surface area (Å²) in [5.41, 5.74) is 2.73. The van der Waals surface area contributed by atoms with Crippen molar-refractivity contribution in [3.63, 3.8) is 0 Å². The lowest BCUT2D eigenvalue weighted by Crippen LogP contribution is -2.33. The summed E-state index contributed by atoms with van der Waals surface area (Å²) in [6, 6.07) is 8.99. The van der Waals surface area contributed by atoms with Crippen molar-refractivity contribution in [3.8, 4) is 0 Å². The molecule has 2 aromatic rings.